The lowest BCUT2D eigenvalue weighted by Crippen LogP contribution is -2.24. The van der Waals surface area contributed by atoms with Crippen molar-refractivity contribution in [1.82, 2.24) is 9.78 Å². The third-order valence-electron chi connectivity index (χ3n) is 3.18. The first-order valence-corrected chi connectivity index (χ1v) is 6.38. The first kappa shape index (κ1) is 13.1. The summed E-state index contributed by atoms with van der Waals surface area (Å²) in [7, 11) is 1.29. The molecule has 0 radical (unpaired) electrons. The lowest BCUT2D eigenvalue weighted by atomic mass is 10.1. The molecule has 0 atom stereocenters. The van der Waals surface area contributed by atoms with Crippen LogP contribution in [0.1, 0.15) is 10.5 Å². The Morgan fingerprint density at radius 1 is 1.00 bits per heavy atom. The van der Waals surface area contributed by atoms with E-state index in [1.807, 2.05) is 6.07 Å². The van der Waals surface area contributed by atoms with Crippen molar-refractivity contribution in [1.29, 1.82) is 0 Å². The largest absolute Gasteiger partial charge is 0.464 e. The van der Waals surface area contributed by atoms with Crippen molar-refractivity contribution in [3.05, 3.63) is 70.6 Å². The van der Waals surface area contributed by atoms with Gasteiger partial charge in [0.25, 0.3) is 5.56 Å². The number of carbonyl (C=O) groups excluding carboxylic acids is 1. The van der Waals surface area contributed by atoms with Gasteiger partial charge in [0.1, 0.15) is 0 Å². The zero-order valence-corrected chi connectivity index (χ0v) is 11.3. The second-order valence-electron chi connectivity index (χ2n) is 4.44. The second kappa shape index (κ2) is 5.20. The highest BCUT2D eigenvalue weighted by atomic mass is 16.5. The summed E-state index contributed by atoms with van der Waals surface area (Å²) >= 11 is 0. The number of nitrogens with zero attached hydrogens (tertiary/aromatic N) is 2. The Bertz CT molecular complexity index is 870. The van der Waals surface area contributed by atoms with Gasteiger partial charge in [-0.25, -0.2) is 4.79 Å². The molecule has 2 aromatic carbocycles. The predicted octanol–water partition coefficient (Wildman–Crippen LogP) is 2.17. The molecule has 1 heterocycles. The average Bonchev–Trinajstić information content (AvgIpc) is 2.55. The van der Waals surface area contributed by atoms with E-state index in [-0.39, 0.29) is 11.3 Å². The number of benzene rings is 2. The summed E-state index contributed by atoms with van der Waals surface area (Å²) in [5.74, 6) is -0.573. The van der Waals surface area contributed by atoms with Gasteiger partial charge in [0, 0.05) is 5.39 Å². The molecule has 21 heavy (non-hydrogen) atoms. The lowest BCUT2D eigenvalue weighted by Gasteiger charge is -2.09. The number of methoxy groups -OCH3 is 1. The maximum absolute atomic E-state index is 12.5. The van der Waals surface area contributed by atoms with Crippen LogP contribution < -0.4 is 5.56 Å². The van der Waals surface area contributed by atoms with E-state index in [0.717, 1.165) is 0 Å². The Labute approximate surface area is 120 Å². The van der Waals surface area contributed by atoms with Gasteiger partial charge in [-0.15, -0.1) is 0 Å². The lowest BCUT2D eigenvalue weighted by molar-refractivity contribution is 0.0594. The Balaban J connectivity index is 2.40. The normalized spacial score (nSPS) is 10.5. The summed E-state index contributed by atoms with van der Waals surface area (Å²) in [5, 5.41) is 5.09. The maximum Gasteiger partial charge on any atom is 0.359 e. The third-order valence-corrected chi connectivity index (χ3v) is 3.18. The minimum Gasteiger partial charge on any atom is -0.464 e. The maximum atomic E-state index is 12.5. The van der Waals surface area contributed by atoms with Crippen LogP contribution in [0.5, 0.6) is 0 Å². The highest BCUT2D eigenvalue weighted by molar-refractivity contribution is 6.02. The van der Waals surface area contributed by atoms with E-state index < -0.39 is 5.97 Å². The second-order valence-corrected chi connectivity index (χ2v) is 4.44. The minimum atomic E-state index is -0.573. The van der Waals surface area contributed by atoms with E-state index in [0.29, 0.717) is 16.5 Å². The highest BCUT2D eigenvalue weighted by Gasteiger charge is 2.17. The Morgan fingerprint density at radius 3 is 2.29 bits per heavy atom. The predicted molar refractivity (Wildman–Crippen MR) is 78.7 cm³/mol. The van der Waals surface area contributed by atoms with Gasteiger partial charge < -0.3 is 4.74 Å². The molecule has 0 saturated heterocycles. The van der Waals surface area contributed by atoms with Crippen molar-refractivity contribution >= 4 is 16.7 Å². The number of esters is 1. The van der Waals surface area contributed by atoms with Crippen LogP contribution in [-0.4, -0.2) is 22.9 Å². The van der Waals surface area contributed by atoms with Crippen molar-refractivity contribution in [2.75, 3.05) is 7.11 Å². The van der Waals surface area contributed by atoms with Gasteiger partial charge in [-0.1, -0.05) is 36.4 Å². The fourth-order valence-corrected chi connectivity index (χ4v) is 2.18. The molecule has 0 amide bonds. The number of aromatic nitrogens is 2. The van der Waals surface area contributed by atoms with Crippen molar-refractivity contribution in [3.63, 3.8) is 0 Å². The molecular formula is C16H12N2O3. The SMILES string of the molecule is COC(=O)c1nn(-c2ccccc2)c(=O)c2ccccc12. The molecule has 0 unspecified atom stereocenters. The summed E-state index contributed by atoms with van der Waals surface area (Å²) in [5.41, 5.74) is 0.444. The topological polar surface area (TPSA) is 61.2 Å². The molecular weight excluding hydrogens is 268 g/mol. The first-order chi connectivity index (χ1) is 10.2. The van der Waals surface area contributed by atoms with E-state index in [1.54, 1.807) is 48.5 Å². The van der Waals surface area contributed by atoms with Crippen molar-refractivity contribution in [2.24, 2.45) is 0 Å². The number of hydrogen-bond donors (Lipinski definition) is 0. The Morgan fingerprint density at radius 2 is 1.62 bits per heavy atom. The molecule has 3 rings (SSSR count). The van der Waals surface area contributed by atoms with E-state index >= 15 is 0 Å². The van der Waals surface area contributed by atoms with Crippen LogP contribution in [-0.2, 0) is 4.74 Å². The van der Waals surface area contributed by atoms with Gasteiger partial charge >= 0.3 is 5.97 Å². The molecule has 3 aromatic rings. The molecule has 0 aliphatic rings. The van der Waals surface area contributed by atoms with Crippen LogP contribution >= 0.6 is 0 Å². The van der Waals surface area contributed by atoms with Crippen LogP contribution in [0.3, 0.4) is 0 Å². The summed E-state index contributed by atoms with van der Waals surface area (Å²) < 4.78 is 5.98. The number of carbonyl (C=O) groups is 1. The summed E-state index contributed by atoms with van der Waals surface area (Å²) in [6, 6.07) is 15.8. The molecule has 0 aliphatic carbocycles. The molecule has 1 aromatic heterocycles. The Hall–Kier alpha value is -2.95. The Kier molecular flexibility index (Phi) is 3.23. The fraction of sp³-hybridized carbons (Fsp3) is 0.0625. The van der Waals surface area contributed by atoms with E-state index in [9.17, 15) is 9.59 Å². The van der Waals surface area contributed by atoms with Gasteiger partial charge in [-0.05, 0) is 18.2 Å². The summed E-state index contributed by atoms with van der Waals surface area (Å²) in [6.07, 6.45) is 0. The molecule has 0 fully saturated rings. The fourth-order valence-electron chi connectivity index (χ4n) is 2.18. The molecule has 0 bridgehead atoms. The van der Waals surface area contributed by atoms with E-state index in [4.69, 9.17) is 4.74 Å². The molecule has 0 N–H and O–H groups in total. The summed E-state index contributed by atoms with van der Waals surface area (Å²) in [4.78, 5) is 24.5. The molecule has 5 nitrogen and oxygen atoms in total. The molecule has 5 heteroatoms. The van der Waals surface area contributed by atoms with Gasteiger partial charge in [0.2, 0.25) is 0 Å². The van der Waals surface area contributed by atoms with Crippen LogP contribution in [0, 0.1) is 0 Å². The number of ether oxygens (including phenoxy) is 1. The third kappa shape index (κ3) is 2.18. The smallest absolute Gasteiger partial charge is 0.359 e. The first-order valence-electron chi connectivity index (χ1n) is 6.38. The van der Waals surface area contributed by atoms with Gasteiger partial charge in [-0.2, -0.15) is 9.78 Å². The van der Waals surface area contributed by atoms with E-state index in [2.05, 4.69) is 5.10 Å². The van der Waals surface area contributed by atoms with Crippen LogP contribution in [0.25, 0.3) is 16.5 Å². The monoisotopic (exact) mass is 280 g/mol. The average molecular weight is 280 g/mol. The number of hydrogen-bond acceptors (Lipinski definition) is 4. The van der Waals surface area contributed by atoms with Gasteiger partial charge in [-0.3, -0.25) is 4.79 Å². The zero-order valence-electron chi connectivity index (χ0n) is 11.3. The number of rotatable bonds is 2. The quantitative estimate of drug-likeness (QED) is 0.675. The van der Waals surface area contributed by atoms with Gasteiger partial charge in [0.05, 0.1) is 18.2 Å². The zero-order chi connectivity index (χ0) is 14.8. The van der Waals surface area contributed by atoms with Crippen LogP contribution in [0.4, 0.5) is 0 Å². The minimum absolute atomic E-state index is 0.122. The molecule has 0 aliphatic heterocycles. The number of para-hydroxylation sites is 1. The van der Waals surface area contributed by atoms with Crippen LogP contribution in [0.2, 0.25) is 0 Å². The number of fused-ring (bicyclic) bond motifs is 1. The van der Waals surface area contributed by atoms with Crippen molar-refractivity contribution in [2.45, 2.75) is 0 Å². The van der Waals surface area contributed by atoms with E-state index in [1.165, 1.54) is 11.8 Å². The standard InChI is InChI=1S/C16H12N2O3/c1-21-16(20)14-12-9-5-6-10-13(12)15(19)18(17-14)11-7-3-2-4-8-11/h2-10H,1H3. The van der Waals surface area contributed by atoms with Crippen LogP contribution in [0.15, 0.2) is 59.4 Å². The molecule has 0 spiro atoms. The summed E-state index contributed by atoms with van der Waals surface area (Å²) in [6.45, 7) is 0. The molecule has 0 saturated carbocycles. The molecule has 104 valence electrons. The van der Waals surface area contributed by atoms with Crippen molar-refractivity contribution < 1.29 is 9.53 Å². The van der Waals surface area contributed by atoms with Crippen molar-refractivity contribution in [3.8, 4) is 5.69 Å². The van der Waals surface area contributed by atoms with Gasteiger partial charge in [0.15, 0.2) is 5.69 Å². The highest BCUT2D eigenvalue weighted by Crippen LogP contribution is 2.15.